The molecule has 0 saturated heterocycles. The van der Waals surface area contributed by atoms with Crippen molar-refractivity contribution in [3.05, 3.63) is 28.2 Å². The SMILES string of the molecule is CNC(=O)Oc1ccc(C(F)(F)F)n(OC)c1=O. The van der Waals surface area contributed by atoms with E-state index in [2.05, 4.69) is 14.9 Å². The van der Waals surface area contributed by atoms with Gasteiger partial charge in [0.15, 0.2) is 5.69 Å². The van der Waals surface area contributed by atoms with Gasteiger partial charge in [-0.05, 0) is 12.1 Å². The average Bonchev–Trinajstić information content (AvgIpc) is 2.29. The molecule has 100 valence electrons. The van der Waals surface area contributed by atoms with Gasteiger partial charge >= 0.3 is 17.8 Å². The summed E-state index contributed by atoms with van der Waals surface area (Å²) in [6.07, 6.45) is -5.74. The molecular formula is C9H9F3N2O4. The molecule has 1 aromatic heterocycles. The van der Waals surface area contributed by atoms with E-state index in [1.54, 1.807) is 0 Å². The minimum absolute atomic E-state index is 0.00171. The second-order valence-electron chi connectivity index (χ2n) is 3.00. The summed E-state index contributed by atoms with van der Waals surface area (Å²) in [6.45, 7) is 0. The zero-order chi connectivity index (χ0) is 13.9. The van der Waals surface area contributed by atoms with Gasteiger partial charge in [-0.3, -0.25) is 4.79 Å². The van der Waals surface area contributed by atoms with Gasteiger partial charge in [-0.25, -0.2) is 4.79 Å². The predicted octanol–water partition coefficient (Wildman–Crippen LogP) is 0.644. The summed E-state index contributed by atoms with van der Waals surface area (Å²) in [7, 11) is 2.13. The van der Waals surface area contributed by atoms with Crippen LogP contribution < -0.4 is 20.5 Å². The Balaban J connectivity index is 3.30. The largest absolute Gasteiger partial charge is 0.434 e. The molecule has 0 saturated carbocycles. The third-order valence-corrected chi connectivity index (χ3v) is 1.89. The summed E-state index contributed by atoms with van der Waals surface area (Å²) in [5, 5.41) is 2.05. The fourth-order valence-corrected chi connectivity index (χ4v) is 1.12. The molecule has 0 spiro atoms. The molecule has 0 fully saturated rings. The standard InChI is InChI=1S/C9H9F3N2O4/c1-13-8(16)18-5-3-4-6(9(10,11)12)14(17-2)7(5)15/h3-4H,1-2H3,(H,13,16). The average molecular weight is 266 g/mol. The van der Waals surface area contributed by atoms with Crippen molar-refractivity contribution in [3.63, 3.8) is 0 Å². The van der Waals surface area contributed by atoms with Gasteiger partial charge in [0.25, 0.3) is 0 Å². The van der Waals surface area contributed by atoms with Crippen molar-refractivity contribution in [1.82, 2.24) is 10.0 Å². The van der Waals surface area contributed by atoms with Crippen LogP contribution in [-0.4, -0.2) is 25.0 Å². The first-order chi connectivity index (χ1) is 8.31. The Morgan fingerprint density at radius 3 is 2.44 bits per heavy atom. The molecule has 0 atom stereocenters. The van der Waals surface area contributed by atoms with Gasteiger partial charge in [0.1, 0.15) is 7.11 Å². The molecule has 9 heteroatoms. The maximum Gasteiger partial charge on any atom is 0.434 e. The van der Waals surface area contributed by atoms with E-state index in [0.29, 0.717) is 6.07 Å². The molecule has 6 nitrogen and oxygen atoms in total. The van der Waals surface area contributed by atoms with Crippen LogP contribution in [0.5, 0.6) is 5.75 Å². The summed E-state index contributed by atoms with van der Waals surface area (Å²) in [5.74, 6) is -0.579. The minimum atomic E-state index is -4.76. The zero-order valence-electron chi connectivity index (χ0n) is 9.37. The minimum Gasteiger partial charge on any atom is -0.413 e. The highest BCUT2D eigenvalue weighted by atomic mass is 19.4. The molecule has 0 aliphatic carbocycles. The highest BCUT2D eigenvalue weighted by Gasteiger charge is 2.36. The number of rotatable bonds is 2. The number of pyridine rings is 1. The van der Waals surface area contributed by atoms with E-state index in [1.807, 2.05) is 0 Å². The van der Waals surface area contributed by atoms with Gasteiger partial charge in [-0.15, -0.1) is 4.73 Å². The van der Waals surface area contributed by atoms with E-state index in [-0.39, 0.29) is 4.73 Å². The third kappa shape index (κ3) is 2.73. The maximum absolute atomic E-state index is 12.5. The van der Waals surface area contributed by atoms with Gasteiger partial charge in [0.2, 0.25) is 5.75 Å². The molecule has 0 radical (unpaired) electrons. The molecule has 1 N–H and O–H groups in total. The number of carbonyl (C=O) groups excluding carboxylic acids is 1. The smallest absolute Gasteiger partial charge is 0.413 e. The van der Waals surface area contributed by atoms with E-state index in [0.717, 1.165) is 13.2 Å². The van der Waals surface area contributed by atoms with E-state index in [9.17, 15) is 22.8 Å². The molecule has 18 heavy (non-hydrogen) atoms. The number of nitrogens with zero attached hydrogens (tertiary/aromatic N) is 1. The molecule has 0 aromatic carbocycles. The third-order valence-electron chi connectivity index (χ3n) is 1.89. The molecule has 0 aliphatic rings. The summed E-state index contributed by atoms with van der Waals surface area (Å²) < 4.78 is 42.0. The van der Waals surface area contributed by atoms with E-state index in [1.165, 1.54) is 7.05 Å². The molecule has 0 unspecified atom stereocenters. The van der Waals surface area contributed by atoms with Crippen LogP contribution in [0.25, 0.3) is 0 Å². The van der Waals surface area contributed by atoms with Gasteiger partial charge in [-0.1, -0.05) is 0 Å². The molecule has 1 rings (SSSR count). The normalized spacial score (nSPS) is 10.9. The number of carbonyl (C=O) groups is 1. The van der Waals surface area contributed by atoms with Gasteiger partial charge in [0, 0.05) is 7.05 Å². The predicted molar refractivity (Wildman–Crippen MR) is 53.3 cm³/mol. The summed E-state index contributed by atoms with van der Waals surface area (Å²) in [6, 6.07) is 1.32. The van der Waals surface area contributed by atoms with E-state index >= 15 is 0 Å². The van der Waals surface area contributed by atoms with Crippen molar-refractivity contribution in [2.45, 2.75) is 6.18 Å². The van der Waals surface area contributed by atoms with Crippen LogP contribution >= 0.6 is 0 Å². The number of nitrogens with one attached hydrogen (secondary N) is 1. The molecule has 0 aliphatic heterocycles. The lowest BCUT2D eigenvalue weighted by molar-refractivity contribution is -0.151. The molecule has 1 aromatic rings. The Hall–Kier alpha value is -2.19. The summed E-state index contributed by atoms with van der Waals surface area (Å²) >= 11 is 0. The van der Waals surface area contributed by atoms with Crippen molar-refractivity contribution in [1.29, 1.82) is 0 Å². The molecule has 1 heterocycles. The Labute approximate surface area is 98.9 Å². The van der Waals surface area contributed by atoms with Gasteiger partial charge in [-0.2, -0.15) is 13.2 Å². The van der Waals surface area contributed by atoms with Crippen LogP contribution in [0.4, 0.5) is 18.0 Å². The lowest BCUT2D eigenvalue weighted by atomic mass is 10.3. The van der Waals surface area contributed by atoms with Crippen molar-refractivity contribution in [3.8, 4) is 5.75 Å². The summed E-state index contributed by atoms with van der Waals surface area (Å²) in [5.41, 5.74) is -2.53. The van der Waals surface area contributed by atoms with Crippen LogP contribution in [0, 0.1) is 0 Å². The number of aromatic nitrogens is 1. The topological polar surface area (TPSA) is 69.6 Å². The zero-order valence-corrected chi connectivity index (χ0v) is 9.37. The number of amides is 1. The van der Waals surface area contributed by atoms with Crippen LogP contribution in [0.3, 0.4) is 0 Å². The first-order valence-electron chi connectivity index (χ1n) is 4.58. The Morgan fingerprint density at radius 1 is 1.39 bits per heavy atom. The second kappa shape index (κ2) is 4.98. The maximum atomic E-state index is 12.5. The lowest BCUT2D eigenvalue weighted by Gasteiger charge is -2.14. The quantitative estimate of drug-likeness (QED) is 0.853. The lowest BCUT2D eigenvalue weighted by Crippen LogP contribution is -2.34. The first-order valence-corrected chi connectivity index (χ1v) is 4.58. The number of hydrogen-bond acceptors (Lipinski definition) is 4. The highest BCUT2D eigenvalue weighted by Crippen LogP contribution is 2.28. The monoisotopic (exact) mass is 266 g/mol. The van der Waals surface area contributed by atoms with Gasteiger partial charge < -0.3 is 14.9 Å². The van der Waals surface area contributed by atoms with Crippen LogP contribution in [0.15, 0.2) is 16.9 Å². The second-order valence-corrected chi connectivity index (χ2v) is 3.00. The summed E-state index contributed by atoms with van der Waals surface area (Å²) in [4.78, 5) is 26.8. The first kappa shape index (κ1) is 13.9. The van der Waals surface area contributed by atoms with Crippen molar-refractivity contribution >= 4 is 6.09 Å². The van der Waals surface area contributed by atoms with Gasteiger partial charge in [0.05, 0.1) is 0 Å². The molecular weight excluding hydrogens is 257 g/mol. The van der Waals surface area contributed by atoms with Crippen molar-refractivity contribution < 1.29 is 27.5 Å². The van der Waals surface area contributed by atoms with Crippen LogP contribution in [-0.2, 0) is 6.18 Å². The Bertz CT molecular complexity index is 510. The van der Waals surface area contributed by atoms with Crippen molar-refractivity contribution in [2.24, 2.45) is 0 Å². The van der Waals surface area contributed by atoms with Crippen LogP contribution in [0.1, 0.15) is 5.69 Å². The fraction of sp³-hybridized carbons (Fsp3) is 0.333. The Kier molecular flexibility index (Phi) is 3.84. The van der Waals surface area contributed by atoms with Crippen molar-refractivity contribution in [2.75, 3.05) is 14.2 Å². The number of hydrogen-bond donors (Lipinski definition) is 1. The van der Waals surface area contributed by atoms with E-state index in [4.69, 9.17) is 0 Å². The number of alkyl halides is 3. The van der Waals surface area contributed by atoms with Crippen LogP contribution in [0.2, 0.25) is 0 Å². The fourth-order valence-electron chi connectivity index (χ4n) is 1.12. The highest BCUT2D eigenvalue weighted by molar-refractivity contribution is 5.69. The number of ether oxygens (including phenoxy) is 1. The molecule has 1 amide bonds. The number of halogens is 3. The molecule has 0 bridgehead atoms. The Morgan fingerprint density at radius 2 is 2.00 bits per heavy atom. The van der Waals surface area contributed by atoms with E-state index < -0.39 is 29.3 Å².